The van der Waals surface area contributed by atoms with Crippen LogP contribution in [-0.4, -0.2) is 36.8 Å². The number of aliphatic hydroxyl groups excluding tert-OH is 1. The number of pyridine rings is 2. The van der Waals surface area contributed by atoms with Crippen molar-refractivity contribution in [2.75, 3.05) is 5.32 Å². The van der Waals surface area contributed by atoms with Crippen LogP contribution >= 0.6 is 11.6 Å². The number of hydrogen-bond acceptors (Lipinski definition) is 6. The van der Waals surface area contributed by atoms with Crippen molar-refractivity contribution in [2.24, 2.45) is 0 Å². The molecule has 1 aliphatic carbocycles. The van der Waals surface area contributed by atoms with E-state index in [0.29, 0.717) is 18.1 Å². The second-order valence-electron chi connectivity index (χ2n) is 10.1. The second kappa shape index (κ2) is 11.6. The third kappa shape index (κ3) is 5.97. The van der Waals surface area contributed by atoms with Crippen LogP contribution in [0.25, 0.3) is 16.9 Å². The summed E-state index contributed by atoms with van der Waals surface area (Å²) in [7, 11) is 0. The number of aromatic nitrogens is 4. The molecule has 0 fully saturated rings. The fraction of sp³-hybridized carbons (Fsp3) is 0.310. The molecule has 1 amide bonds. The Morgan fingerprint density at radius 2 is 1.83 bits per heavy atom. The van der Waals surface area contributed by atoms with Gasteiger partial charge in [0.05, 0.1) is 5.02 Å². The van der Waals surface area contributed by atoms with Crippen LogP contribution in [0.2, 0.25) is 5.02 Å². The molecule has 0 radical (unpaired) electrons. The topological polar surface area (TPSA) is 105 Å². The number of carbonyl (C=O) groups excluding carboxylic acids is 1. The number of halogens is 4. The summed E-state index contributed by atoms with van der Waals surface area (Å²) in [4.78, 5) is 22.5. The van der Waals surface area contributed by atoms with Gasteiger partial charge in [-0.3, -0.25) is 10.1 Å². The lowest BCUT2D eigenvalue weighted by atomic mass is 9.85. The number of aryl methyl sites for hydroxylation is 1. The van der Waals surface area contributed by atoms with E-state index < -0.39 is 29.7 Å². The normalized spacial score (nSPS) is 14.1. The first kappa shape index (κ1) is 28.7. The molecule has 214 valence electrons. The van der Waals surface area contributed by atoms with Gasteiger partial charge in [-0.05, 0) is 68.4 Å². The number of nitrogens with zero attached hydrogens (tertiary/aromatic N) is 4. The number of carbonyl (C=O) groups is 1. The molecule has 0 saturated carbocycles. The molecule has 12 heteroatoms. The van der Waals surface area contributed by atoms with Crippen LogP contribution < -0.4 is 10.6 Å². The van der Waals surface area contributed by atoms with Crippen LogP contribution in [0.1, 0.15) is 65.9 Å². The highest BCUT2D eigenvalue weighted by Gasteiger charge is 2.37. The van der Waals surface area contributed by atoms with Crippen LogP contribution in [0.3, 0.4) is 0 Å². The Bertz CT molecular complexity index is 1570. The van der Waals surface area contributed by atoms with E-state index in [2.05, 4.69) is 20.7 Å². The fourth-order valence-corrected chi connectivity index (χ4v) is 5.20. The molecule has 3 heterocycles. The highest BCUT2D eigenvalue weighted by Crippen LogP contribution is 2.40. The van der Waals surface area contributed by atoms with Crippen molar-refractivity contribution < 1.29 is 23.1 Å². The molecule has 8 nitrogen and oxygen atoms in total. The van der Waals surface area contributed by atoms with Gasteiger partial charge in [0.15, 0.2) is 11.5 Å². The molecular formula is C29H28ClF3N6O2. The highest BCUT2D eigenvalue weighted by molar-refractivity contribution is 6.32. The van der Waals surface area contributed by atoms with Crippen molar-refractivity contribution in [2.45, 2.75) is 58.0 Å². The zero-order chi connectivity index (χ0) is 29.3. The van der Waals surface area contributed by atoms with E-state index in [1.165, 1.54) is 18.3 Å². The van der Waals surface area contributed by atoms with Crippen LogP contribution in [0.4, 0.5) is 19.0 Å². The van der Waals surface area contributed by atoms with Crippen molar-refractivity contribution in [1.29, 1.82) is 0 Å². The maximum atomic E-state index is 13.7. The Morgan fingerprint density at radius 1 is 1.10 bits per heavy atom. The van der Waals surface area contributed by atoms with Crippen LogP contribution in [0, 0.1) is 0 Å². The molecule has 1 unspecified atom stereocenters. The zero-order valence-electron chi connectivity index (χ0n) is 22.3. The molecule has 0 aliphatic heterocycles. The average Bonchev–Trinajstić information content (AvgIpc) is 3.39. The molecule has 41 heavy (non-hydrogen) atoms. The summed E-state index contributed by atoms with van der Waals surface area (Å²) < 4.78 is 41.8. The van der Waals surface area contributed by atoms with Crippen molar-refractivity contribution in [3.05, 3.63) is 88.0 Å². The molecular weight excluding hydrogens is 557 g/mol. The van der Waals surface area contributed by atoms with Crippen molar-refractivity contribution in [3.63, 3.8) is 0 Å². The number of nitrogens with one attached hydrogen (secondary N) is 2. The predicted octanol–water partition coefficient (Wildman–Crippen LogP) is 6.12. The standard InChI is InChI=1S/C29H28ClF3N6O2/c1-16(2)35-28(41)24-23(17-9-4-3-5-10-17)18-11-6-7-13-20(18)36-25(24)37-27(40)21-15-22(29(31,32)33)38-39(21)26-19(30)12-8-14-34-26/h3-5,8-10,12,14-16,28,35,41H,6-7,11,13H2,1-2H3,(H,36,37,40). The molecule has 1 atom stereocenters. The second-order valence-corrected chi connectivity index (χ2v) is 10.5. The monoisotopic (exact) mass is 584 g/mol. The van der Waals surface area contributed by atoms with Gasteiger partial charge in [0.2, 0.25) is 0 Å². The lowest BCUT2D eigenvalue weighted by Gasteiger charge is -2.28. The quantitative estimate of drug-likeness (QED) is 0.226. The predicted molar refractivity (Wildman–Crippen MR) is 149 cm³/mol. The number of hydrogen-bond donors (Lipinski definition) is 3. The van der Waals surface area contributed by atoms with Crippen LogP contribution in [0.15, 0.2) is 54.7 Å². The fourth-order valence-electron chi connectivity index (χ4n) is 5.00. The van der Waals surface area contributed by atoms with Crippen molar-refractivity contribution >= 4 is 23.3 Å². The van der Waals surface area contributed by atoms with E-state index in [1.807, 2.05) is 44.2 Å². The number of aliphatic hydroxyl groups is 1. The minimum Gasteiger partial charge on any atom is -0.374 e. The Labute approximate surface area is 239 Å². The summed E-state index contributed by atoms with van der Waals surface area (Å²) in [6.07, 6.45) is -1.49. The van der Waals surface area contributed by atoms with Gasteiger partial charge in [-0.15, -0.1) is 0 Å². The van der Waals surface area contributed by atoms with E-state index in [1.54, 1.807) is 0 Å². The molecule has 0 saturated heterocycles. The molecule has 1 aromatic carbocycles. The van der Waals surface area contributed by atoms with Gasteiger partial charge in [0.1, 0.15) is 17.7 Å². The first-order chi connectivity index (χ1) is 19.5. The number of alkyl halides is 3. The van der Waals surface area contributed by atoms with Crippen molar-refractivity contribution in [3.8, 4) is 16.9 Å². The van der Waals surface area contributed by atoms with Gasteiger partial charge in [-0.1, -0.05) is 41.9 Å². The van der Waals surface area contributed by atoms with Gasteiger partial charge in [0.25, 0.3) is 5.91 Å². The van der Waals surface area contributed by atoms with Gasteiger partial charge in [0, 0.05) is 29.6 Å². The SMILES string of the molecule is CC(C)NC(O)c1c(NC(=O)c2cc(C(F)(F)F)nn2-c2ncccc2Cl)nc2c(c1-c1ccccc1)CCCC2. The van der Waals surface area contributed by atoms with Gasteiger partial charge in [-0.2, -0.15) is 18.3 Å². The van der Waals surface area contributed by atoms with E-state index in [0.717, 1.165) is 46.3 Å². The number of benzene rings is 1. The molecule has 4 aromatic rings. The van der Waals surface area contributed by atoms with E-state index in [9.17, 15) is 23.1 Å². The molecule has 5 rings (SSSR count). The summed E-state index contributed by atoms with van der Waals surface area (Å²) in [6, 6.07) is 12.9. The number of anilines is 1. The van der Waals surface area contributed by atoms with Crippen LogP contribution in [0.5, 0.6) is 0 Å². The number of amides is 1. The zero-order valence-corrected chi connectivity index (χ0v) is 23.1. The van der Waals surface area contributed by atoms with Crippen molar-refractivity contribution in [1.82, 2.24) is 25.1 Å². The summed E-state index contributed by atoms with van der Waals surface area (Å²) in [5, 5.41) is 20.8. The lowest BCUT2D eigenvalue weighted by molar-refractivity contribution is -0.141. The number of fused-ring (bicyclic) bond motifs is 1. The van der Waals surface area contributed by atoms with E-state index in [4.69, 9.17) is 16.6 Å². The number of rotatable bonds is 7. The maximum absolute atomic E-state index is 13.7. The largest absolute Gasteiger partial charge is 0.435 e. The van der Waals surface area contributed by atoms with Gasteiger partial charge in [-0.25, -0.2) is 14.6 Å². The maximum Gasteiger partial charge on any atom is 0.435 e. The first-order valence-corrected chi connectivity index (χ1v) is 13.6. The smallest absolute Gasteiger partial charge is 0.374 e. The Morgan fingerprint density at radius 3 is 2.51 bits per heavy atom. The summed E-state index contributed by atoms with van der Waals surface area (Å²) in [5.74, 6) is -1.02. The summed E-state index contributed by atoms with van der Waals surface area (Å²) in [6.45, 7) is 3.73. The average molecular weight is 585 g/mol. The third-order valence-corrected chi connectivity index (χ3v) is 7.04. The summed E-state index contributed by atoms with van der Waals surface area (Å²) >= 11 is 6.21. The highest BCUT2D eigenvalue weighted by atomic mass is 35.5. The molecule has 3 N–H and O–H groups in total. The van der Waals surface area contributed by atoms with Crippen LogP contribution in [-0.2, 0) is 19.0 Å². The van der Waals surface area contributed by atoms with E-state index >= 15 is 0 Å². The van der Waals surface area contributed by atoms with Gasteiger partial charge < -0.3 is 10.4 Å². The van der Waals surface area contributed by atoms with E-state index in [-0.39, 0.29) is 22.7 Å². The summed E-state index contributed by atoms with van der Waals surface area (Å²) in [5.41, 5.74) is 1.91. The Kier molecular flexibility index (Phi) is 8.12. The van der Waals surface area contributed by atoms with Gasteiger partial charge >= 0.3 is 6.18 Å². The lowest BCUT2D eigenvalue weighted by Crippen LogP contribution is -2.31. The minimum absolute atomic E-state index is 0.00823. The Hall–Kier alpha value is -3.80. The molecule has 1 aliphatic rings. The first-order valence-electron chi connectivity index (χ1n) is 13.2. The molecule has 0 bridgehead atoms. The Balaban J connectivity index is 1.68. The minimum atomic E-state index is -4.82. The molecule has 0 spiro atoms. The third-order valence-electron chi connectivity index (χ3n) is 6.74. The molecule has 3 aromatic heterocycles.